The number of rotatable bonds is 5. The monoisotopic (exact) mass is 249 g/mol. The van der Waals surface area contributed by atoms with Crippen LogP contribution in [0, 0.1) is 6.92 Å². The van der Waals surface area contributed by atoms with Gasteiger partial charge in [-0.05, 0) is 53.1 Å². The van der Waals surface area contributed by atoms with Gasteiger partial charge in [-0.3, -0.25) is 0 Å². The standard InChI is InChI=1S/C16H27NO/c1-13-7-6-8-14(11-13)12-16(5,18)9-10-17-15(2,3)4/h6-8,11,17-18H,9-10,12H2,1-5H3. The minimum atomic E-state index is -0.647. The Kier molecular flexibility index (Phi) is 4.94. The normalized spacial score (nSPS) is 15.4. The summed E-state index contributed by atoms with van der Waals surface area (Å²) >= 11 is 0. The highest BCUT2D eigenvalue weighted by atomic mass is 16.3. The molecule has 0 saturated heterocycles. The van der Waals surface area contributed by atoms with E-state index in [1.54, 1.807) is 0 Å². The molecule has 1 rings (SSSR count). The zero-order valence-electron chi connectivity index (χ0n) is 12.4. The zero-order valence-corrected chi connectivity index (χ0v) is 12.4. The van der Waals surface area contributed by atoms with Crippen molar-refractivity contribution in [1.82, 2.24) is 5.32 Å². The van der Waals surface area contributed by atoms with Gasteiger partial charge in [0.15, 0.2) is 0 Å². The highest BCUT2D eigenvalue weighted by Crippen LogP contribution is 2.17. The lowest BCUT2D eigenvalue weighted by Gasteiger charge is -2.27. The highest BCUT2D eigenvalue weighted by Gasteiger charge is 2.21. The number of benzene rings is 1. The second-order valence-electron chi connectivity index (χ2n) is 6.59. The third-order valence-electron chi connectivity index (χ3n) is 2.99. The Hall–Kier alpha value is -0.860. The predicted molar refractivity (Wildman–Crippen MR) is 77.9 cm³/mol. The summed E-state index contributed by atoms with van der Waals surface area (Å²) in [5.41, 5.74) is 1.91. The van der Waals surface area contributed by atoms with Crippen LogP contribution in [0.25, 0.3) is 0 Å². The quantitative estimate of drug-likeness (QED) is 0.840. The molecule has 0 fully saturated rings. The number of aliphatic hydroxyl groups is 1. The lowest BCUT2D eigenvalue weighted by Crippen LogP contribution is -2.40. The van der Waals surface area contributed by atoms with Crippen molar-refractivity contribution < 1.29 is 5.11 Å². The molecule has 0 aliphatic carbocycles. The molecule has 0 aliphatic heterocycles. The van der Waals surface area contributed by atoms with Gasteiger partial charge in [-0.25, -0.2) is 0 Å². The summed E-state index contributed by atoms with van der Waals surface area (Å²) in [6.45, 7) is 11.3. The molecule has 0 radical (unpaired) electrons. The maximum absolute atomic E-state index is 10.4. The fourth-order valence-electron chi connectivity index (χ4n) is 2.06. The smallest absolute Gasteiger partial charge is 0.0672 e. The molecule has 1 aromatic carbocycles. The SMILES string of the molecule is Cc1cccc(CC(C)(O)CCNC(C)(C)C)c1. The van der Waals surface area contributed by atoms with E-state index in [1.165, 1.54) is 11.1 Å². The number of aryl methyl sites for hydroxylation is 1. The van der Waals surface area contributed by atoms with E-state index in [9.17, 15) is 5.11 Å². The molecule has 0 heterocycles. The van der Waals surface area contributed by atoms with Crippen LogP contribution in [0.3, 0.4) is 0 Å². The number of nitrogens with one attached hydrogen (secondary N) is 1. The highest BCUT2D eigenvalue weighted by molar-refractivity contribution is 5.23. The van der Waals surface area contributed by atoms with Crippen LogP contribution < -0.4 is 5.32 Å². The van der Waals surface area contributed by atoms with E-state index in [1.807, 2.05) is 13.0 Å². The largest absolute Gasteiger partial charge is 0.390 e. The molecule has 0 saturated carbocycles. The van der Waals surface area contributed by atoms with Gasteiger partial charge in [0.25, 0.3) is 0 Å². The lowest BCUT2D eigenvalue weighted by molar-refractivity contribution is 0.0499. The summed E-state index contributed by atoms with van der Waals surface area (Å²) in [5, 5.41) is 13.8. The molecule has 2 nitrogen and oxygen atoms in total. The maximum atomic E-state index is 10.4. The molecule has 1 aromatic rings. The average molecular weight is 249 g/mol. The second-order valence-corrected chi connectivity index (χ2v) is 6.59. The van der Waals surface area contributed by atoms with Gasteiger partial charge < -0.3 is 10.4 Å². The van der Waals surface area contributed by atoms with Gasteiger partial charge in [0.1, 0.15) is 0 Å². The van der Waals surface area contributed by atoms with E-state index in [-0.39, 0.29) is 5.54 Å². The predicted octanol–water partition coefficient (Wildman–Crippen LogP) is 3.07. The minimum absolute atomic E-state index is 0.111. The molecule has 0 aliphatic rings. The van der Waals surface area contributed by atoms with Gasteiger partial charge in [0.05, 0.1) is 5.60 Å². The Morgan fingerprint density at radius 2 is 1.83 bits per heavy atom. The van der Waals surface area contributed by atoms with Crippen LogP contribution in [-0.4, -0.2) is 22.8 Å². The van der Waals surface area contributed by atoms with Crippen LogP contribution >= 0.6 is 0 Å². The van der Waals surface area contributed by atoms with Crippen molar-refractivity contribution in [3.63, 3.8) is 0 Å². The molecule has 0 aromatic heterocycles. The van der Waals surface area contributed by atoms with E-state index in [2.05, 4.69) is 51.2 Å². The number of hydrogen-bond acceptors (Lipinski definition) is 2. The third kappa shape index (κ3) is 6.18. The van der Waals surface area contributed by atoms with E-state index in [0.717, 1.165) is 13.0 Å². The third-order valence-corrected chi connectivity index (χ3v) is 2.99. The Morgan fingerprint density at radius 1 is 1.17 bits per heavy atom. The fraction of sp³-hybridized carbons (Fsp3) is 0.625. The van der Waals surface area contributed by atoms with Gasteiger partial charge in [-0.1, -0.05) is 29.8 Å². The first-order valence-electron chi connectivity index (χ1n) is 6.71. The summed E-state index contributed by atoms with van der Waals surface area (Å²) in [4.78, 5) is 0. The molecule has 2 N–H and O–H groups in total. The first kappa shape index (κ1) is 15.2. The van der Waals surface area contributed by atoms with Crippen molar-refractivity contribution in [2.45, 2.75) is 58.6 Å². The molecule has 0 amide bonds. The Labute approximate surface area is 111 Å². The van der Waals surface area contributed by atoms with Crippen LogP contribution in [0.1, 0.15) is 45.2 Å². The molecule has 2 heteroatoms. The summed E-state index contributed by atoms with van der Waals surface area (Å²) < 4.78 is 0. The molecule has 1 unspecified atom stereocenters. The van der Waals surface area contributed by atoms with Crippen LogP contribution in [0.15, 0.2) is 24.3 Å². The van der Waals surface area contributed by atoms with Crippen molar-refractivity contribution in [3.8, 4) is 0 Å². The first-order chi connectivity index (χ1) is 8.18. The first-order valence-corrected chi connectivity index (χ1v) is 6.71. The lowest BCUT2D eigenvalue weighted by atomic mass is 9.92. The Balaban J connectivity index is 2.49. The van der Waals surface area contributed by atoms with Crippen LogP contribution in [0.5, 0.6) is 0 Å². The summed E-state index contributed by atoms with van der Waals surface area (Å²) in [6, 6.07) is 8.36. The van der Waals surface area contributed by atoms with Gasteiger partial charge in [0, 0.05) is 12.0 Å². The zero-order chi connectivity index (χ0) is 13.8. The van der Waals surface area contributed by atoms with E-state index in [4.69, 9.17) is 0 Å². The molecule has 0 bridgehead atoms. The summed E-state index contributed by atoms with van der Waals surface area (Å²) in [5.74, 6) is 0. The van der Waals surface area contributed by atoms with Crippen molar-refractivity contribution >= 4 is 0 Å². The molecular formula is C16H27NO. The average Bonchev–Trinajstić information content (AvgIpc) is 2.13. The Bertz CT molecular complexity index is 377. The molecular weight excluding hydrogens is 222 g/mol. The molecule has 1 atom stereocenters. The fourth-order valence-corrected chi connectivity index (χ4v) is 2.06. The second kappa shape index (κ2) is 5.85. The van der Waals surface area contributed by atoms with Gasteiger partial charge in [0.2, 0.25) is 0 Å². The van der Waals surface area contributed by atoms with Crippen molar-refractivity contribution in [2.24, 2.45) is 0 Å². The molecule has 18 heavy (non-hydrogen) atoms. The molecule has 102 valence electrons. The number of hydrogen-bond donors (Lipinski definition) is 2. The van der Waals surface area contributed by atoms with Crippen LogP contribution in [0.4, 0.5) is 0 Å². The van der Waals surface area contributed by atoms with Crippen LogP contribution in [0.2, 0.25) is 0 Å². The van der Waals surface area contributed by atoms with Crippen molar-refractivity contribution in [2.75, 3.05) is 6.54 Å². The van der Waals surface area contributed by atoms with E-state index in [0.29, 0.717) is 6.42 Å². The van der Waals surface area contributed by atoms with Crippen LogP contribution in [-0.2, 0) is 6.42 Å². The maximum Gasteiger partial charge on any atom is 0.0672 e. The minimum Gasteiger partial charge on any atom is -0.390 e. The van der Waals surface area contributed by atoms with Crippen molar-refractivity contribution in [3.05, 3.63) is 35.4 Å². The topological polar surface area (TPSA) is 32.3 Å². The summed E-state index contributed by atoms with van der Waals surface area (Å²) in [7, 11) is 0. The van der Waals surface area contributed by atoms with Gasteiger partial charge in [-0.15, -0.1) is 0 Å². The summed E-state index contributed by atoms with van der Waals surface area (Å²) in [6.07, 6.45) is 1.47. The van der Waals surface area contributed by atoms with E-state index < -0.39 is 5.60 Å². The van der Waals surface area contributed by atoms with Gasteiger partial charge in [-0.2, -0.15) is 0 Å². The van der Waals surface area contributed by atoms with Gasteiger partial charge >= 0.3 is 0 Å². The van der Waals surface area contributed by atoms with Crippen molar-refractivity contribution in [1.29, 1.82) is 0 Å². The van der Waals surface area contributed by atoms with E-state index >= 15 is 0 Å². The molecule has 0 spiro atoms. The Morgan fingerprint density at radius 3 is 2.39 bits per heavy atom.